The van der Waals surface area contributed by atoms with E-state index in [-0.39, 0.29) is 11.7 Å². The molecule has 4 nitrogen and oxygen atoms in total. The third-order valence-electron chi connectivity index (χ3n) is 4.08. The topological polar surface area (TPSA) is 49.6 Å². The Labute approximate surface area is 125 Å². The van der Waals surface area contributed by atoms with Crippen LogP contribution in [0.5, 0.6) is 0 Å². The molecule has 1 aliphatic heterocycles. The zero-order valence-corrected chi connectivity index (χ0v) is 12.6. The predicted molar refractivity (Wildman–Crippen MR) is 82.6 cm³/mol. The Morgan fingerprint density at radius 2 is 1.95 bits per heavy atom. The Hall–Kier alpha value is -1.62. The number of benzene rings is 1. The minimum Gasteiger partial charge on any atom is -0.366 e. The number of anilines is 1. The fourth-order valence-corrected chi connectivity index (χ4v) is 2.55. The van der Waals surface area contributed by atoms with Crippen LogP contribution in [0.3, 0.4) is 0 Å². The van der Waals surface area contributed by atoms with Gasteiger partial charge >= 0.3 is 0 Å². The lowest BCUT2D eigenvalue weighted by Gasteiger charge is -2.36. The van der Waals surface area contributed by atoms with Crippen LogP contribution < -0.4 is 10.6 Å². The number of hydrogen-bond acceptors (Lipinski definition) is 3. The largest absolute Gasteiger partial charge is 0.366 e. The number of hydrogen-bond donors (Lipinski definition) is 1. The summed E-state index contributed by atoms with van der Waals surface area (Å²) in [6.07, 6.45) is 1.39. The van der Waals surface area contributed by atoms with Gasteiger partial charge in [0.25, 0.3) is 0 Å². The molecule has 1 aliphatic rings. The highest BCUT2D eigenvalue weighted by Gasteiger charge is 2.22. The third kappa shape index (κ3) is 4.17. The second kappa shape index (κ2) is 7.41. The van der Waals surface area contributed by atoms with E-state index >= 15 is 0 Å². The summed E-state index contributed by atoms with van der Waals surface area (Å²) in [5.74, 6) is 0.367. The van der Waals surface area contributed by atoms with Crippen LogP contribution in [0.4, 0.5) is 10.1 Å². The molecule has 21 heavy (non-hydrogen) atoms. The van der Waals surface area contributed by atoms with Crippen LogP contribution in [0.2, 0.25) is 0 Å². The van der Waals surface area contributed by atoms with Crippen LogP contribution in [0.25, 0.3) is 0 Å². The van der Waals surface area contributed by atoms with E-state index in [4.69, 9.17) is 5.73 Å². The van der Waals surface area contributed by atoms with E-state index in [0.29, 0.717) is 50.7 Å². The summed E-state index contributed by atoms with van der Waals surface area (Å²) in [6.45, 7) is 5.35. The van der Waals surface area contributed by atoms with Crippen LogP contribution >= 0.6 is 0 Å². The van der Waals surface area contributed by atoms with E-state index in [1.54, 1.807) is 12.1 Å². The van der Waals surface area contributed by atoms with Crippen LogP contribution in [0, 0.1) is 11.7 Å². The van der Waals surface area contributed by atoms with Gasteiger partial charge in [0.2, 0.25) is 5.91 Å². The van der Waals surface area contributed by atoms with E-state index < -0.39 is 0 Å². The van der Waals surface area contributed by atoms with Gasteiger partial charge in [-0.1, -0.05) is 19.1 Å². The maximum Gasteiger partial charge on any atom is 0.222 e. The lowest BCUT2D eigenvalue weighted by molar-refractivity contribution is -0.131. The molecule has 1 saturated heterocycles. The third-order valence-corrected chi connectivity index (χ3v) is 4.08. The molecule has 116 valence electrons. The molecule has 0 spiro atoms. The van der Waals surface area contributed by atoms with Crippen molar-refractivity contribution in [1.29, 1.82) is 0 Å². The molecule has 2 rings (SSSR count). The molecule has 1 aromatic carbocycles. The Morgan fingerprint density at radius 3 is 2.57 bits per heavy atom. The number of piperazine rings is 1. The highest BCUT2D eigenvalue weighted by Crippen LogP contribution is 2.20. The smallest absolute Gasteiger partial charge is 0.222 e. The summed E-state index contributed by atoms with van der Waals surface area (Å²) in [4.78, 5) is 16.0. The van der Waals surface area contributed by atoms with E-state index in [1.165, 1.54) is 6.07 Å². The van der Waals surface area contributed by atoms with Gasteiger partial charge in [-0.05, 0) is 31.0 Å². The molecule has 2 N–H and O–H groups in total. The van der Waals surface area contributed by atoms with Crippen molar-refractivity contribution in [2.24, 2.45) is 11.7 Å². The monoisotopic (exact) mass is 293 g/mol. The second-order valence-corrected chi connectivity index (χ2v) is 5.70. The molecule has 1 aromatic rings. The van der Waals surface area contributed by atoms with Crippen molar-refractivity contribution < 1.29 is 9.18 Å². The maximum atomic E-state index is 13.7. The number of rotatable bonds is 5. The van der Waals surface area contributed by atoms with Crippen molar-refractivity contribution >= 4 is 11.6 Å². The molecule has 5 heteroatoms. The molecule has 1 atom stereocenters. The zero-order chi connectivity index (χ0) is 15.2. The lowest BCUT2D eigenvalue weighted by atomic mass is 10.1. The average Bonchev–Trinajstić information content (AvgIpc) is 2.53. The molecule has 1 fully saturated rings. The Morgan fingerprint density at radius 1 is 1.29 bits per heavy atom. The van der Waals surface area contributed by atoms with Crippen molar-refractivity contribution in [2.45, 2.75) is 19.8 Å². The fraction of sp³-hybridized carbons (Fsp3) is 0.562. The molecule has 0 radical (unpaired) electrons. The van der Waals surface area contributed by atoms with Crippen molar-refractivity contribution in [3.8, 4) is 0 Å². The van der Waals surface area contributed by atoms with Crippen molar-refractivity contribution in [1.82, 2.24) is 4.90 Å². The Balaban J connectivity index is 1.83. The first kappa shape index (κ1) is 15.8. The van der Waals surface area contributed by atoms with Gasteiger partial charge in [-0.2, -0.15) is 0 Å². The number of nitrogens with zero attached hydrogens (tertiary/aromatic N) is 2. The summed E-state index contributed by atoms with van der Waals surface area (Å²) in [6, 6.07) is 6.79. The number of nitrogens with two attached hydrogens (primary N) is 1. The van der Waals surface area contributed by atoms with Gasteiger partial charge in [0, 0.05) is 32.6 Å². The summed E-state index contributed by atoms with van der Waals surface area (Å²) in [5.41, 5.74) is 6.19. The molecule has 0 aromatic heterocycles. The van der Waals surface area contributed by atoms with Crippen LogP contribution in [-0.2, 0) is 4.79 Å². The molecule has 1 heterocycles. The molecular weight excluding hydrogens is 269 g/mol. The van der Waals surface area contributed by atoms with Gasteiger partial charge in [-0.15, -0.1) is 0 Å². The Kier molecular flexibility index (Phi) is 5.56. The number of amides is 1. The standard InChI is InChI=1S/C16H24FN3O/c1-13(12-18)6-7-16(21)20-10-8-19(9-11-20)15-5-3-2-4-14(15)17/h2-5,13H,6-12,18H2,1H3. The maximum absolute atomic E-state index is 13.7. The minimum atomic E-state index is -0.200. The van der Waals surface area contributed by atoms with E-state index in [2.05, 4.69) is 6.92 Å². The van der Waals surface area contributed by atoms with Gasteiger partial charge in [-0.25, -0.2) is 4.39 Å². The highest BCUT2D eigenvalue weighted by molar-refractivity contribution is 5.76. The molecule has 1 amide bonds. The number of halogens is 1. The van der Waals surface area contributed by atoms with Crippen molar-refractivity contribution in [2.75, 3.05) is 37.6 Å². The first-order valence-corrected chi connectivity index (χ1v) is 7.59. The summed E-state index contributed by atoms with van der Waals surface area (Å²) in [5, 5.41) is 0. The predicted octanol–water partition coefficient (Wildman–Crippen LogP) is 1.85. The first-order chi connectivity index (χ1) is 10.1. The van der Waals surface area contributed by atoms with Gasteiger partial charge in [0.1, 0.15) is 5.82 Å². The minimum absolute atomic E-state index is 0.184. The number of carbonyl (C=O) groups excluding carboxylic acids is 1. The van der Waals surface area contributed by atoms with Gasteiger partial charge < -0.3 is 15.5 Å². The summed E-state index contributed by atoms with van der Waals surface area (Å²) in [7, 11) is 0. The normalized spacial score (nSPS) is 16.9. The van der Waals surface area contributed by atoms with Crippen LogP contribution in [0.15, 0.2) is 24.3 Å². The Bertz CT molecular complexity index is 472. The first-order valence-electron chi connectivity index (χ1n) is 7.59. The average molecular weight is 293 g/mol. The highest BCUT2D eigenvalue weighted by atomic mass is 19.1. The number of carbonyl (C=O) groups is 1. The zero-order valence-electron chi connectivity index (χ0n) is 12.6. The van der Waals surface area contributed by atoms with Crippen molar-refractivity contribution in [3.05, 3.63) is 30.1 Å². The molecule has 0 bridgehead atoms. The van der Waals surface area contributed by atoms with E-state index in [9.17, 15) is 9.18 Å². The molecule has 0 aliphatic carbocycles. The number of para-hydroxylation sites is 1. The van der Waals surface area contributed by atoms with E-state index in [1.807, 2.05) is 15.9 Å². The van der Waals surface area contributed by atoms with Gasteiger partial charge in [0.05, 0.1) is 5.69 Å². The SMILES string of the molecule is CC(CN)CCC(=O)N1CCN(c2ccccc2F)CC1. The summed E-state index contributed by atoms with van der Waals surface area (Å²) >= 11 is 0. The molecule has 1 unspecified atom stereocenters. The van der Waals surface area contributed by atoms with Gasteiger partial charge in [-0.3, -0.25) is 4.79 Å². The van der Waals surface area contributed by atoms with Crippen LogP contribution in [0.1, 0.15) is 19.8 Å². The van der Waals surface area contributed by atoms with Crippen LogP contribution in [-0.4, -0.2) is 43.5 Å². The second-order valence-electron chi connectivity index (χ2n) is 5.70. The van der Waals surface area contributed by atoms with E-state index in [0.717, 1.165) is 6.42 Å². The summed E-state index contributed by atoms with van der Waals surface area (Å²) < 4.78 is 13.7. The fourth-order valence-electron chi connectivity index (χ4n) is 2.55. The lowest BCUT2D eigenvalue weighted by Crippen LogP contribution is -2.49. The molecular formula is C16H24FN3O. The van der Waals surface area contributed by atoms with Gasteiger partial charge in [0.15, 0.2) is 0 Å². The quantitative estimate of drug-likeness (QED) is 0.901. The molecule has 0 saturated carbocycles. The van der Waals surface area contributed by atoms with Crippen molar-refractivity contribution in [3.63, 3.8) is 0 Å².